The molecule has 2 heterocycles. The number of aromatic nitrogens is 2. The van der Waals surface area contributed by atoms with Crippen molar-refractivity contribution in [3.8, 4) is 5.75 Å². The Bertz CT molecular complexity index is 1260. The van der Waals surface area contributed by atoms with Crippen LogP contribution in [0, 0.1) is 5.92 Å². The van der Waals surface area contributed by atoms with Crippen LogP contribution in [0.15, 0.2) is 42.5 Å². The number of rotatable bonds is 8. The third kappa shape index (κ3) is 7.19. The maximum atomic E-state index is 12.4. The van der Waals surface area contributed by atoms with Crippen LogP contribution >= 0.6 is 11.6 Å². The van der Waals surface area contributed by atoms with E-state index in [0.29, 0.717) is 22.3 Å². The molecule has 4 rings (SSSR count). The summed E-state index contributed by atoms with van der Waals surface area (Å²) in [6.07, 6.45) is 3.74. The zero-order valence-corrected chi connectivity index (χ0v) is 23.3. The average molecular weight is 542 g/mol. The number of fused-ring (bicyclic) bond motifs is 1. The van der Waals surface area contributed by atoms with E-state index in [-0.39, 0.29) is 12.7 Å². The maximum absolute atomic E-state index is 12.4. The van der Waals surface area contributed by atoms with Crippen molar-refractivity contribution in [3.63, 3.8) is 0 Å². The summed E-state index contributed by atoms with van der Waals surface area (Å²) in [5.41, 5.74) is 1.67. The van der Waals surface area contributed by atoms with Gasteiger partial charge in [-0.15, -0.1) is 0 Å². The van der Waals surface area contributed by atoms with Gasteiger partial charge in [0.25, 0.3) is 0 Å². The third-order valence-electron chi connectivity index (χ3n) is 6.69. The van der Waals surface area contributed by atoms with Gasteiger partial charge in [-0.1, -0.05) is 11.6 Å². The standard InChI is InChI=1S/C29H36ClN3O5/c1-29(2,3)38-28(35)32-16-13-20(14-17-32)6-5-15-33-25-12-7-21(27(34)36-4)18-24(25)31-26(33)19-37-23-10-8-22(30)9-11-23/h7-12,18,20H,5-6,13-17,19H2,1-4H3. The minimum absolute atomic E-state index is 0.225. The normalized spacial score (nSPS) is 14.5. The number of hydrogen-bond acceptors (Lipinski definition) is 6. The number of ether oxygens (including phenoxy) is 3. The Kier molecular flexibility index (Phi) is 8.82. The number of amides is 1. The minimum atomic E-state index is -0.478. The molecule has 3 aromatic rings. The average Bonchev–Trinajstić information content (AvgIpc) is 3.24. The SMILES string of the molecule is COC(=O)c1ccc2c(c1)nc(COc1ccc(Cl)cc1)n2CCCC1CCN(C(=O)OC(C)(C)C)CC1. The molecule has 9 heteroatoms. The van der Waals surface area contributed by atoms with Crippen molar-refractivity contribution in [3.05, 3.63) is 58.9 Å². The molecule has 0 radical (unpaired) electrons. The fraction of sp³-hybridized carbons (Fsp3) is 0.483. The fourth-order valence-electron chi connectivity index (χ4n) is 4.73. The van der Waals surface area contributed by atoms with E-state index in [0.717, 1.165) is 62.2 Å². The van der Waals surface area contributed by atoms with Crippen LogP contribution in [0.3, 0.4) is 0 Å². The molecule has 38 heavy (non-hydrogen) atoms. The number of carbonyl (C=O) groups is 2. The van der Waals surface area contributed by atoms with Crippen molar-refractivity contribution in [2.75, 3.05) is 20.2 Å². The highest BCUT2D eigenvalue weighted by Crippen LogP contribution is 2.26. The monoisotopic (exact) mass is 541 g/mol. The number of imidazole rings is 1. The first-order valence-corrected chi connectivity index (χ1v) is 13.4. The lowest BCUT2D eigenvalue weighted by Gasteiger charge is -2.33. The predicted molar refractivity (Wildman–Crippen MR) is 147 cm³/mol. The lowest BCUT2D eigenvalue weighted by molar-refractivity contribution is 0.0180. The quantitative estimate of drug-likeness (QED) is 0.303. The van der Waals surface area contributed by atoms with Crippen LogP contribution in [0.2, 0.25) is 5.02 Å². The van der Waals surface area contributed by atoms with E-state index in [1.807, 2.05) is 43.9 Å². The van der Waals surface area contributed by atoms with Crippen molar-refractivity contribution in [2.24, 2.45) is 5.92 Å². The van der Waals surface area contributed by atoms with Gasteiger partial charge in [-0.25, -0.2) is 14.6 Å². The van der Waals surface area contributed by atoms with Crippen LogP contribution in [-0.4, -0.2) is 52.3 Å². The number of benzene rings is 2. The van der Waals surface area contributed by atoms with E-state index in [1.165, 1.54) is 7.11 Å². The zero-order valence-electron chi connectivity index (χ0n) is 22.5. The molecular formula is C29H36ClN3O5. The second-order valence-electron chi connectivity index (χ2n) is 10.7. The Morgan fingerprint density at radius 3 is 2.45 bits per heavy atom. The summed E-state index contributed by atoms with van der Waals surface area (Å²) < 4.78 is 18.6. The molecule has 1 fully saturated rings. The number of halogens is 1. The summed E-state index contributed by atoms with van der Waals surface area (Å²) in [6, 6.07) is 12.7. The molecule has 0 atom stereocenters. The van der Waals surface area contributed by atoms with E-state index in [9.17, 15) is 9.59 Å². The van der Waals surface area contributed by atoms with Gasteiger partial charge in [0.05, 0.1) is 23.7 Å². The summed E-state index contributed by atoms with van der Waals surface area (Å²) >= 11 is 5.99. The third-order valence-corrected chi connectivity index (χ3v) is 6.94. The summed E-state index contributed by atoms with van der Waals surface area (Å²) in [4.78, 5) is 31.0. The molecule has 1 amide bonds. The van der Waals surface area contributed by atoms with Crippen LogP contribution in [0.4, 0.5) is 4.79 Å². The van der Waals surface area contributed by atoms with Crippen molar-refractivity contribution < 1.29 is 23.8 Å². The molecule has 0 N–H and O–H groups in total. The first-order valence-electron chi connectivity index (χ1n) is 13.1. The van der Waals surface area contributed by atoms with Crippen molar-refractivity contribution in [2.45, 2.75) is 65.2 Å². The van der Waals surface area contributed by atoms with Gasteiger partial charge < -0.3 is 23.7 Å². The molecule has 0 bridgehead atoms. The molecule has 8 nitrogen and oxygen atoms in total. The van der Waals surface area contributed by atoms with Crippen LogP contribution in [0.5, 0.6) is 5.75 Å². The number of esters is 1. The van der Waals surface area contributed by atoms with Crippen LogP contribution < -0.4 is 4.74 Å². The second kappa shape index (κ2) is 12.1. The first kappa shape index (κ1) is 27.8. The summed E-state index contributed by atoms with van der Waals surface area (Å²) in [6.45, 7) is 8.19. The topological polar surface area (TPSA) is 82.9 Å². The molecule has 1 aromatic heterocycles. The Morgan fingerprint density at radius 2 is 1.79 bits per heavy atom. The highest BCUT2D eigenvalue weighted by atomic mass is 35.5. The van der Waals surface area contributed by atoms with Crippen molar-refractivity contribution in [1.82, 2.24) is 14.5 Å². The van der Waals surface area contributed by atoms with E-state index in [2.05, 4.69) is 4.57 Å². The largest absolute Gasteiger partial charge is 0.486 e. The van der Waals surface area contributed by atoms with Crippen LogP contribution in [0.1, 0.15) is 62.6 Å². The number of carbonyl (C=O) groups excluding carboxylic acids is 2. The molecule has 1 aliphatic rings. The number of methoxy groups -OCH3 is 1. The van der Waals surface area contributed by atoms with Crippen molar-refractivity contribution >= 4 is 34.7 Å². The predicted octanol–water partition coefficient (Wildman–Crippen LogP) is 6.48. The number of hydrogen-bond donors (Lipinski definition) is 0. The van der Waals surface area contributed by atoms with Gasteiger partial charge in [-0.2, -0.15) is 0 Å². The highest BCUT2D eigenvalue weighted by molar-refractivity contribution is 6.30. The van der Waals surface area contributed by atoms with Gasteiger partial charge in [0.2, 0.25) is 0 Å². The van der Waals surface area contributed by atoms with E-state index in [4.69, 9.17) is 30.8 Å². The smallest absolute Gasteiger partial charge is 0.410 e. The molecule has 0 aliphatic carbocycles. The molecule has 2 aromatic carbocycles. The zero-order chi connectivity index (χ0) is 27.3. The fourth-order valence-corrected chi connectivity index (χ4v) is 4.86. The molecule has 0 spiro atoms. The van der Waals surface area contributed by atoms with Gasteiger partial charge in [-0.05, 0) is 94.8 Å². The van der Waals surface area contributed by atoms with Crippen LogP contribution in [0.25, 0.3) is 11.0 Å². The Balaban J connectivity index is 1.41. The van der Waals surface area contributed by atoms with Gasteiger partial charge >= 0.3 is 12.1 Å². The Morgan fingerprint density at radius 1 is 1.08 bits per heavy atom. The van der Waals surface area contributed by atoms with E-state index in [1.54, 1.807) is 24.3 Å². The Hall–Kier alpha value is -3.26. The van der Waals surface area contributed by atoms with Crippen molar-refractivity contribution in [1.29, 1.82) is 0 Å². The first-order chi connectivity index (χ1) is 18.1. The maximum Gasteiger partial charge on any atom is 0.410 e. The van der Waals surface area contributed by atoms with Gasteiger partial charge in [0.1, 0.15) is 23.8 Å². The highest BCUT2D eigenvalue weighted by Gasteiger charge is 2.26. The summed E-state index contributed by atoms with van der Waals surface area (Å²) in [5, 5.41) is 0.650. The van der Waals surface area contributed by atoms with E-state index < -0.39 is 11.6 Å². The second-order valence-corrected chi connectivity index (χ2v) is 11.1. The van der Waals surface area contributed by atoms with Crippen LogP contribution in [-0.2, 0) is 22.6 Å². The summed E-state index contributed by atoms with van der Waals surface area (Å²) in [7, 11) is 1.37. The van der Waals surface area contributed by atoms with E-state index >= 15 is 0 Å². The molecule has 0 unspecified atom stereocenters. The lowest BCUT2D eigenvalue weighted by atomic mass is 9.92. The summed E-state index contributed by atoms with van der Waals surface area (Å²) in [5.74, 6) is 1.66. The number of nitrogens with zero attached hydrogens (tertiary/aromatic N) is 3. The lowest BCUT2D eigenvalue weighted by Crippen LogP contribution is -2.41. The number of aryl methyl sites for hydroxylation is 1. The molecule has 1 aliphatic heterocycles. The van der Waals surface area contributed by atoms with Gasteiger partial charge in [-0.3, -0.25) is 0 Å². The Labute approximate surface area is 228 Å². The van der Waals surface area contributed by atoms with Gasteiger partial charge in [0.15, 0.2) is 0 Å². The number of piperidine rings is 1. The van der Waals surface area contributed by atoms with Gasteiger partial charge in [0, 0.05) is 24.7 Å². The number of likely N-dealkylation sites (tertiary alicyclic amines) is 1. The molecule has 204 valence electrons. The molecule has 0 saturated carbocycles. The minimum Gasteiger partial charge on any atom is -0.486 e. The molecular weight excluding hydrogens is 506 g/mol. The molecule has 1 saturated heterocycles.